The van der Waals surface area contributed by atoms with Gasteiger partial charge in [-0.05, 0) is 85.4 Å². The summed E-state index contributed by atoms with van der Waals surface area (Å²) < 4.78 is 19.2. The van der Waals surface area contributed by atoms with Crippen LogP contribution in [0.2, 0.25) is 0 Å². The number of thiophene rings is 1. The molecule has 8 heteroatoms. The number of nitrogens with one attached hydrogen (secondary N) is 1. The van der Waals surface area contributed by atoms with Crippen molar-refractivity contribution < 1.29 is 8.91 Å². The van der Waals surface area contributed by atoms with E-state index in [1.165, 1.54) is 28.1 Å². The average molecular weight is 491 g/mol. The standard InChI is InChI=1S/C26H23FN4OS2/c1-15-6-7-19(13-16(15)2)23-22(17(3)31(26(33)28-23)14-21-5-4-12-34-21)25-29-24(30-32-25)18-8-10-20(27)11-9-18/h4-13,23H,14H2,1-3H3,(H,28,33). The van der Waals surface area contributed by atoms with E-state index in [4.69, 9.17) is 21.7 Å². The van der Waals surface area contributed by atoms with Gasteiger partial charge in [-0.15, -0.1) is 11.3 Å². The van der Waals surface area contributed by atoms with Crippen LogP contribution in [-0.4, -0.2) is 20.2 Å². The highest BCUT2D eigenvalue weighted by Crippen LogP contribution is 2.38. The maximum absolute atomic E-state index is 13.4. The maximum Gasteiger partial charge on any atom is 0.258 e. The molecule has 5 rings (SSSR count). The molecule has 4 aromatic rings. The summed E-state index contributed by atoms with van der Waals surface area (Å²) in [6.45, 7) is 6.87. The lowest BCUT2D eigenvalue weighted by molar-refractivity contribution is 0.396. The van der Waals surface area contributed by atoms with Crippen molar-refractivity contribution in [3.63, 3.8) is 0 Å². The van der Waals surface area contributed by atoms with Crippen LogP contribution in [0, 0.1) is 19.7 Å². The van der Waals surface area contributed by atoms with Crippen LogP contribution in [0.3, 0.4) is 0 Å². The van der Waals surface area contributed by atoms with Crippen molar-refractivity contribution in [2.24, 2.45) is 0 Å². The van der Waals surface area contributed by atoms with Crippen LogP contribution < -0.4 is 5.32 Å². The molecule has 34 heavy (non-hydrogen) atoms. The molecule has 1 aliphatic heterocycles. The summed E-state index contributed by atoms with van der Waals surface area (Å²) in [5.41, 5.74) is 5.99. The summed E-state index contributed by atoms with van der Waals surface area (Å²) in [4.78, 5) is 7.96. The maximum atomic E-state index is 13.4. The molecule has 1 N–H and O–H groups in total. The van der Waals surface area contributed by atoms with Crippen LogP contribution >= 0.6 is 23.6 Å². The minimum atomic E-state index is -0.310. The van der Waals surface area contributed by atoms with E-state index in [0.29, 0.717) is 28.9 Å². The molecule has 172 valence electrons. The highest BCUT2D eigenvalue weighted by molar-refractivity contribution is 7.80. The molecule has 3 heterocycles. The van der Waals surface area contributed by atoms with Gasteiger partial charge in [0.05, 0.1) is 18.2 Å². The zero-order chi connectivity index (χ0) is 23.8. The second kappa shape index (κ2) is 9.12. The van der Waals surface area contributed by atoms with Gasteiger partial charge in [-0.25, -0.2) is 4.39 Å². The minimum absolute atomic E-state index is 0.243. The number of hydrogen-bond acceptors (Lipinski definition) is 5. The Morgan fingerprint density at radius 1 is 1.09 bits per heavy atom. The van der Waals surface area contributed by atoms with Crippen molar-refractivity contribution in [3.05, 3.63) is 98.9 Å². The number of hydrogen-bond donors (Lipinski definition) is 1. The molecule has 0 saturated carbocycles. The van der Waals surface area contributed by atoms with Crippen molar-refractivity contribution in [1.82, 2.24) is 20.4 Å². The van der Waals surface area contributed by atoms with Gasteiger partial charge in [0.2, 0.25) is 5.82 Å². The van der Waals surface area contributed by atoms with Crippen molar-refractivity contribution in [1.29, 1.82) is 0 Å². The number of aryl methyl sites for hydroxylation is 2. The van der Waals surface area contributed by atoms with Gasteiger partial charge in [0, 0.05) is 16.1 Å². The molecule has 0 bridgehead atoms. The first-order valence-corrected chi connectivity index (χ1v) is 12.2. The van der Waals surface area contributed by atoms with Crippen LogP contribution in [0.25, 0.3) is 17.0 Å². The van der Waals surface area contributed by atoms with Crippen molar-refractivity contribution in [2.75, 3.05) is 0 Å². The Kier molecular flexibility index (Phi) is 6.02. The quantitative estimate of drug-likeness (QED) is 0.326. The molecule has 2 aromatic heterocycles. The van der Waals surface area contributed by atoms with Crippen LogP contribution in [0.5, 0.6) is 0 Å². The molecule has 0 spiro atoms. The highest BCUT2D eigenvalue weighted by atomic mass is 32.1. The van der Waals surface area contributed by atoms with Gasteiger partial charge in [-0.1, -0.05) is 29.4 Å². The van der Waals surface area contributed by atoms with Crippen LogP contribution in [-0.2, 0) is 6.54 Å². The van der Waals surface area contributed by atoms with Gasteiger partial charge in [0.15, 0.2) is 5.11 Å². The smallest absolute Gasteiger partial charge is 0.258 e. The molecule has 1 aliphatic rings. The first-order chi connectivity index (χ1) is 16.4. The second-order valence-corrected chi connectivity index (χ2v) is 9.74. The van der Waals surface area contributed by atoms with Crippen molar-refractivity contribution in [2.45, 2.75) is 33.4 Å². The molecular formula is C26H23FN4OS2. The fourth-order valence-electron chi connectivity index (χ4n) is 4.05. The average Bonchev–Trinajstić information content (AvgIpc) is 3.51. The summed E-state index contributed by atoms with van der Waals surface area (Å²) in [6, 6.07) is 16.3. The monoisotopic (exact) mass is 490 g/mol. The Morgan fingerprint density at radius 3 is 2.59 bits per heavy atom. The predicted molar refractivity (Wildman–Crippen MR) is 137 cm³/mol. The summed E-state index contributed by atoms with van der Waals surface area (Å²) in [5.74, 6) is 0.508. The van der Waals surface area contributed by atoms with E-state index in [1.807, 2.05) is 13.0 Å². The third kappa shape index (κ3) is 4.26. The molecule has 0 fully saturated rings. The number of aromatic nitrogens is 2. The second-order valence-electron chi connectivity index (χ2n) is 8.32. The summed E-state index contributed by atoms with van der Waals surface area (Å²) in [6.07, 6.45) is 0. The third-order valence-corrected chi connectivity index (χ3v) is 7.31. The zero-order valence-electron chi connectivity index (χ0n) is 19.0. The molecular weight excluding hydrogens is 467 g/mol. The van der Waals surface area contributed by atoms with E-state index in [9.17, 15) is 4.39 Å². The third-order valence-electron chi connectivity index (χ3n) is 6.11. The Morgan fingerprint density at radius 2 is 1.88 bits per heavy atom. The van der Waals surface area contributed by atoms with E-state index in [1.54, 1.807) is 23.5 Å². The normalized spacial score (nSPS) is 16.2. The Labute approximate surface area is 206 Å². The minimum Gasteiger partial charge on any atom is -0.351 e. The summed E-state index contributed by atoms with van der Waals surface area (Å²) >= 11 is 7.48. The van der Waals surface area contributed by atoms with E-state index in [0.717, 1.165) is 16.8 Å². The van der Waals surface area contributed by atoms with Crippen LogP contribution in [0.4, 0.5) is 4.39 Å². The van der Waals surface area contributed by atoms with Crippen molar-refractivity contribution in [3.8, 4) is 11.4 Å². The molecule has 0 amide bonds. The van der Waals surface area contributed by atoms with Crippen molar-refractivity contribution >= 4 is 34.2 Å². The number of benzene rings is 2. The summed E-state index contributed by atoms with van der Waals surface area (Å²) in [7, 11) is 0. The topological polar surface area (TPSA) is 54.2 Å². The van der Waals surface area contributed by atoms with Gasteiger partial charge in [0.25, 0.3) is 5.89 Å². The number of allylic oxidation sites excluding steroid dienone is 1. The molecule has 1 atom stereocenters. The molecule has 5 nitrogen and oxygen atoms in total. The first-order valence-electron chi connectivity index (χ1n) is 10.9. The van der Waals surface area contributed by atoms with E-state index in [2.05, 4.69) is 58.9 Å². The molecule has 0 aliphatic carbocycles. The fourth-order valence-corrected chi connectivity index (χ4v) is 5.06. The number of thiocarbonyl (C=S) groups is 1. The van der Waals surface area contributed by atoms with Crippen LogP contribution in [0.15, 0.2) is 70.2 Å². The van der Waals surface area contributed by atoms with Gasteiger partial charge < -0.3 is 14.7 Å². The fraction of sp³-hybridized carbons (Fsp3) is 0.192. The Hall–Kier alpha value is -3.36. The predicted octanol–water partition coefficient (Wildman–Crippen LogP) is 6.42. The molecule has 2 aromatic carbocycles. The highest BCUT2D eigenvalue weighted by Gasteiger charge is 2.34. The number of halogens is 1. The lowest BCUT2D eigenvalue weighted by atomic mass is 9.92. The Balaban J connectivity index is 1.61. The van der Waals surface area contributed by atoms with Gasteiger partial charge >= 0.3 is 0 Å². The van der Waals surface area contributed by atoms with E-state index >= 15 is 0 Å². The lowest BCUT2D eigenvalue weighted by Crippen LogP contribution is -2.45. The molecule has 0 radical (unpaired) electrons. The molecule has 0 saturated heterocycles. The lowest BCUT2D eigenvalue weighted by Gasteiger charge is -2.37. The van der Waals surface area contributed by atoms with Gasteiger partial charge in [-0.3, -0.25) is 0 Å². The van der Waals surface area contributed by atoms with Crippen LogP contribution in [0.1, 0.15) is 40.4 Å². The number of rotatable bonds is 5. The molecule has 1 unspecified atom stereocenters. The first kappa shape index (κ1) is 22.4. The van der Waals surface area contributed by atoms with Gasteiger partial charge in [-0.2, -0.15) is 4.98 Å². The van der Waals surface area contributed by atoms with E-state index < -0.39 is 0 Å². The zero-order valence-corrected chi connectivity index (χ0v) is 20.6. The largest absolute Gasteiger partial charge is 0.351 e. The summed E-state index contributed by atoms with van der Waals surface area (Å²) in [5, 5.41) is 10.4. The van der Waals surface area contributed by atoms with Gasteiger partial charge in [0.1, 0.15) is 5.82 Å². The van der Waals surface area contributed by atoms with E-state index in [-0.39, 0.29) is 11.9 Å². The SMILES string of the molecule is CC1=C(c2nc(-c3ccc(F)cc3)no2)C(c2ccc(C)c(C)c2)NC(=S)N1Cc1cccs1. The number of nitrogens with zero attached hydrogens (tertiary/aromatic N) is 3. The Bertz CT molecular complexity index is 1380.